The van der Waals surface area contributed by atoms with Crippen LogP contribution in [-0.4, -0.2) is 17.7 Å². The van der Waals surface area contributed by atoms with Gasteiger partial charge < -0.3 is 9.84 Å². The van der Waals surface area contributed by atoms with Crippen LogP contribution in [0.4, 0.5) is 13.2 Å². The molecule has 2 aromatic carbocycles. The molecule has 1 aliphatic rings. The van der Waals surface area contributed by atoms with E-state index in [1.54, 1.807) is 18.2 Å². The number of ether oxygens (including phenoxy) is 1. The standard InChI is InChI=1S/C19H17F3O3/c20-19(21,22)15-6-4-14(5-7-15)16-9-13(10-18(23)24)3-8-17(16)25-11-12-1-2-12/h3-9,12H,1-2,10-11H2,(H,23,24). The molecule has 2 aromatic rings. The van der Waals surface area contributed by atoms with Crippen molar-refractivity contribution < 1.29 is 27.8 Å². The smallest absolute Gasteiger partial charge is 0.416 e. The lowest BCUT2D eigenvalue weighted by molar-refractivity contribution is -0.138. The zero-order chi connectivity index (χ0) is 18.0. The van der Waals surface area contributed by atoms with E-state index in [0.29, 0.717) is 35.0 Å². The van der Waals surface area contributed by atoms with Gasteiger partial charge in [-0.3, -0.25) is 4.79 Å². The molecule has 0 radical (unpaired) electrons. The van der Waals surface area contributed by atoms with Crippen LogP contribution in [0.15, 0.2) is 42.5 Å². The summed E-state index contributed by atoms with van der Waals surface area (Å²) in [5.74, 6) is 0.116. The number of carboxylic acids is 1. The number of halogens is 3. The molecule has 1 N–H and O–H groups in total. The van der Waals surface area contributed by atoms with E-state index >= 15 is 0 Å². The molecule has 0 atom stereocenters. The summed E-state index contributed by atoms with van der Waals surface area (Å²) in [6.07, 6.45) is -2.31. The molecule has 3 rings (SSSR count). The van der Waals surface area contributed by atoms with Crippen molar-refractivity contribution in [3.05, 3.63) is 53.6 Å². The van der Waals surface area contributed by atoms with Crippen molar-refractivity contribution in [2.24, 2.45) is 5.92 Å². The summed E-state index contributed by atoms with van der Waals surface area (Å²) >= 11 is 0. The molecule has 0 unspecified atom stereocenters. The molecule has 0 amide bonds. The average molecular weight is 350 g/mol. The molecule has 0 bridgehead atoms. The van der Waals surface area contributed by atoms with E-state index in [1.807, 2.05) is 0 Å². The van der Waals surface area contributed by atoms with E-state index in [0.717, 1.165) is 25.0 Å². The van der Waals surface area contributed by atoms with Gasteiger partial charge in [0.2, 0.25) is 0 Å². The lowest BCUT2D eigenvalue weighted by Gasteiger charge is -2.14. The molecule has 1 fully saturated rings. The maximum absolute atomic E-state index is 12.7. The van der Waals surface area contributed by atoms with Gasteiger partial charge >= 0.3 is 12.1 Å². The van der Waals surface area contributed by atoms with Crippen molar-refractivity contribution in [2.45, 2.75) is 25.4 Å². The zero-order valence-electron chi connectivity index (χ0n) is 13.3. The van der Waals surface area contributed by atoms with Crippen LogP contribution in [0, 0.1) is 5.92 Å². The Labute approximate surface area is 143 Å². The number of rotatable bonds is 6. The molecule has 1 saturated carbocycles. The Bertz CT molecular complexity index is 762. The zero-order valence-corrected chi connectivity index (χ0v) is 13.3. The van der Waals surface area contributed by atoms with E-state index in [1.165, 1.54) is 12.1 Å². The number of alkyl halides is 3. The summed E-state index contributed by atoms with van der Waals surface area (Å²) in [5, 5.41) is 8.95. The van der Waals surface area contributed by atoms with E-state index in [2.05, 4.69) is 0 Å². The summed E-state index contributed by atoms with van der Waals surface area (Å²) in [4.78, 5) is 10.9. The van der Waals surface area contributed by atoms with E-state index in [9.17, 15) is 18.0 Å². The van der Waals surface area contributed by atoms with Crippen molar-refractivity contribution in [3.8, 4) is 16.9 Å². The minimum atomic E-state index is -4.39. The maximum Gasteiger partial charge on any atom is 0.416 e. The van der Waals surface area contributed by atoms with Crippen LogP contribution in [0.2, 0.25) is 0 Å². The first-order chi connectivity index (χ1) is 11.8. The molecule has 1 aliphatic carbocycles. The highest BCUT2D eigenvalue weighted by Gasteiger charge is 2.30. The van der Waals surface area contributed by atoms with E-state index in [4.69, 9.17) is 9.84 Å². The minimum Gasteiger partial charge on any atom is -0.493 e. The predicted molar refractivity (Wildman–Crippen MR) is 86.4 cm³/mol. The van der Waals surface area contributed by atoms with Crippen molar-refractivity contribution in [2.75, 3.05) is 6.61 Å². The second-order valence-corrected chi connectivity index (χ2v) is 6.23. The Morgan fingerprint density at radius 2 is 1.80 bits per heavy atom. The summed E-state index contributed by atoms with van der Waals surface area (Å²) in [7, 11) is 0. The Morgan fingerprint density at radius 1 is 1.12 bits per heavy atom. The first-order valence-electron chi connectivity index (χ1n) is 7.98. The highest BCUT2D eigenvalue weighted by Crippen LogP contribution is 2.36. The average Bonchev–Trinajstić information content (AvgIpc) is 3.37. The third kappa shape index (κ3) is 4.53. The van der Waals surface area contributed by atoms with Crippen LogP contribution >= 0.6 is 0 Å². The number of hydrogen-bond acceptors (Lipinski definition) is 2. The SMILES string of the molecule is O=C(O)Cc1ccc(OCC2CC2)c(-c2ccc(C(F)(F)F)cc2)c1. The second-order valence-electron chi connectivity index (χ2n) is 6.23. The maximum atomic E-state index is 12.7. The van der Waals surface area contributed by atoms with Gasteiger partial charge in [-0.25, -0.2) is 0 Å². The largest absolute Gasteiger partial charge is 0.493 e. The van der Waals surface area contributed by atoms with Gasteiger partial charge in [-0.1, -0.05) is 18.2 Å². The van der Waals surface area contributed by atoms with Gasteiger partial charge in [0, 0.05) is 5.56 Å². The van der Waals surface area contributed by atoms with Gasteiger partial charge in [-0.2, -0.15) is 13.2 Å². The molecule has 132 valence electrons. The first kappa shape index (κ1) is 17.3. The normalized spacial score (nSPS) is 14.4. The van der Waals surface area contributed by atoms with Gasteiger partial charge in [0.25, 0.3) is 0 Å². The monoisotopic (exact) mass is 350 g/mol. The fourth-order valence-corrected chi connectivity index (χ4v) is 2.54. The minimum absolute atomic E-state index is 0.156. The first-order valence-corrected chi connectivity index (χ1v) is 7.98. The van der Waals surface area contributed by atoms with Gasteiger partial charge in [-0.05, 0) is 54.2 Å². The molecule has 0 spiro atoms. The molecule has 25 heavy (non-hydrogen) atoms. The van der Waals surface area contributed by atoms with Gasteiger partial charge in [-0.15, -0.1) is 0 Å². The van der Waals surface area contributed by atoms with Crippen molar-refractivity contribution in [1.82, 2.24) is 0 Å². The fraction of sp³-hybridized carbons (Fsp3) is 0.316. The van der Waals surface area contributed by atoms with Crippen LogP contribution < -0.4 is 4.74 Å². The molecule has 0 aliphatic heterocycles. The van der Waals surface area contributed by atoms with Crippen LogP contribution in [-0.2, 0) is 17.4 Å². The number of aliphatic carboxylic acids is 1. The Hall–Kier alpha value is -2.50. The highest BCUT2D eigenvalue weighted by molar-refractivity contribution is 5.75. The number of benzene rings is 2. The summed E-state index contributed by atoms with van der Waals surface area (Å²) in [6, 6.07) is 9.82. The molecule has 3 nitrogen and oxygen atoms in total. The lowest BCUT2D eigenvalue weighted by Crippen LogP contribution is -2.05. The number of carboxylic acid groups (broad SMARTS) is 1. The predicted octanol–water partition coefficient (Wildman–Crippen LogP) is 4.79. The summed E-state index contributed by atoms with van der Waals surface area (Å²) in [5.41, 5.74) is 1.01. The van der Waals surface area contributed by atoms with Crippen LogP contribution in [0.3, 0.4) is 0 Å². The summed E-state index contributed by atoms with van der Waals surface area (Å²) in [6.45, 7) is 0.561. The molecule has 0 saturated heterocycles. The quantitative estimate of drug-likeness (QED) is 0.815. The topological polar surface area (TPSA) is 46.5 Å². The van der Waals surface area contributed by atoms with Gasteiger partial charge in [0.1, 0.15) is 5.75 Å². The van der Waals surface area contributed by atoms with Crippen molar-refractivity contribution in [1.29, 1.82) is 0 Å². The van der Waals surface area contributed by atoms with E-state index < -0.39 is 17.7 Å². The third-order valence-electron chi connectivity index (χ3n) is 4.09. The van der Waals surface area contributed by atoms with E-state index in [-0.39, 0.29) is 6.42 Å². The van der Waals surface area contributed by atoms with Gasteiger partial charge in [0.05, 0.1) is 18.6 Å². The molecule has 6 heteroatoms. The lowest BCUT2D eigenvalue weighted by atomic mass is 9.99. The Morgan fingerprint density at radius 3 is 2.36 bits per heavy atom. The van der Waals surface area contributed by atoms with Crippen molar-refractivity contribution in [3.63, 3.8) is 0 Å². The van der Waals surface area contributed by atoms with Gasteiger partial charge in [0.15, 0.2) is 0 Å². The molecular weight excluding hydrogens is 333 g/mol. The molecular formula is C19H17F3O3. The molecule has 0 aromatic heterocycles. The Kier molecular flexibility index (Phi) is 4.70. The van der Waals surface area contributed by atoms with Crippen LogP contribution in [0.5, 0.6) is 5.75 Å². The number of carbonyl (C=O) groups is 1. The fourth-order valence-electron chi connectivity index (χ4n) is 2.54. The third-order valence-corrected chi connectivity index (χ3v) is 4.09. The van der Waals surface area contributed by atoms with Crippen LogP contribution in [0.1, 0.15) is 24.0 Å². The van der Waals surface area contributed by atoms with Crippen LogP contribution in [0.25, 0.3) is 11.1 Å². The number of hydrogen-bond donors (Lipinski definition) is 1. The highest BCUT2D eigenvalue weighted by atomic mass is 19.4. The second kappa shape index (κ2) is 6.78. The van der Waals surface area contributed by atoms with Crippen molar-refractivity contribution >= 4 is 5.97 Å². The molecule has 0 heterocycles. The summed E-state index contributed by atoms with van der Waals surface area (Å²) < 4.78 is 44.0. The Balaban J connectivity index is 1.93.